The standard InChI is InChI=1S/C9H12N3O/c13-9-2-1-5-12(9)8-11-6-3-10-4-7-11/h3-4,6-7H,1-2,5,8H2/q+1. The summed E-state index contributed by atoms with van der Waals surface area (Å²) >= 11 is 0. The van der Waals surface area contributed by atoms with Crippen LogP contribution in [0.15, 0.2) is 24.8 Å². The molecule has 0 atom stereocenters. The fourth-order valence-electron chi connectivity index (χ4n) is 1.49. The first kappa shape index (κ1) is 8.16. The number of likely N-dealkylation sites (tertiary alicyclic amines) is 1. The van der Waals surface area contributed by atoms with Crippen LogP contribution in [0.4, 0.5) is 0 Å². The van der Waals surface area contributed by atoms with Gasteiger partial charge in [-0.25, -0.2) is 0 Å². The molecule has 1 aromatic rings. The van der Waals surface area contributed by atoms with Gasteiger partial charge in [0, 0.05) is 13.0 Å². The Morgan fingerprint density at radius 2 is 2.23 bits per heavy atom. The van der Waals surface area contributed by atoms with Crippen molar-refractivity contribution in [3.63, 3.8) is 0 Å². The molecular formula is C9H12N3O+. The number of rotatable bonds is 2. The van der Waals surface area contributed by atoms with E-state index in [-0.39, 0.29) is 5.91 Å². The van der Waals surface area contributed by atoms with Crippen molar-refractivity contribution in [2.45, 2.75) is 19.5 Å². The lowest BCUT2D eigenvalue weighted by molar-refractivity contribution is -0.712. The van der Waals surface area contributed by atoms with Gasteiger partial charge in [0.2, 0.25) is 12.6 Å². The molecule has 4 nitrogen and oxygen atoms in total. The second-order valence-electron chi connectivity index (χ2n) is 3.16. The van der Waals surface area contributed by atoms with Crippen LogP contribution in [0.25, 0.3) is 0 Å². The zero-order chi connectivity index (χ0) is 9.10. The Morgan fingerprint density at radius 3 is 2.85 bits per heavy atom. The zero-order valence-corrected chi connectivity index (χ0v) is 7.39. The highest BCUT2D eigenvalue weighted by Gasteiger charge is 2.22. The van der Waals surface area contributed by atoms with Gasteiger partial charge in [0.1, 0.15) is 0 Å². The van der Waals surface area contributed by atoms with Gasteiger partial charge < -0.3 is 0 Å². The highest BCUT2D eigenvalue weighted by molar-refractivity contribution is 5.77. The number of nitrogens with zero attached hydrogens (tertiary/aromatic N) is 3. The van der Waals surface area contributed by atoms with Crippen LogP contribution in [0.3, 0.4) is 0 Å². The summed E-state index contributed by atoms with van der Waals surface area (Å²) in [5, 5.41) is 0. The van der Waals surface area contributed by atoms with Crippen molar-refractivity contribution in [2.24, 2.45) is 0 Å². The summed E-state index contributed by atoms with van der Waals surface area (Å²) in [5.41, 5.74) is 0. The second kappa shape index (κ2) is 3.51. The van der Waals surface area contributed by atoms with Crippen LogP contribution in [-0.2, 0) is 11.5 Å². The van der Waals surface area contributed by atoms with Gasteiger partial charge >= 0.3 is 0 Å². The minimum atomic E-state index is 0.254. The van der Waals surface area contributed by atoms with E-state index in [1.807, 2.05) is 21.9 Å². The summed E-state index contributed by atoms with van der Waals surface area (Å²) in [6.45, 7) is 1.54. The van der Waals surface area contributed by atoms with Crippen LogP contribution < -0.4 is 4.57 Å². The number of hydrogen-bond acceptors (Lipinski definition) is 2. The zero-order valence-electron chi connectivity index (χ0n) is 7.39. The molecule has 2 heterocycles. The van der Waals surface area contributed by atoms with E-state index in [4.69, 9.17) is 0 Å². The summed E-state index contributed by atoms with van der Waals surface area (Å²) in [5.74, 6) is 0.254. The number of hydrogen-bond donors (Lipinski definition) is 0. The predicted molar refractivity (Wildman–Crippen MR) is 45.4 cm³/mol. The Hall–Kier alpha value is -1.45. The summed E-state index contributed by atoms with van der Waals surface area (Å²) in [6.07, 6.45) is 8.87. The summed E-state index contributed by atoms with van der Waals surface area (Å²) in [7, 11) is 0. The first-order valence-electron chi connectivity index (χ1n) is 4.43. The molecule has 0 bridgehead atoms. The maximum absolute atomic E-state index is 11.3. The van der Waals surface area contributed by atoms with Crippen molar-refractivity contribution >= 4 is 5.91 Å². The molecule has 0 aliphatic carbocycles. The molecule has 1 saturated heterocycles. The molecule has 0 spiro atoms. The maximum Gasteiger partial charge on any atom is 0.227 e. The lowest BCUT2D eigenvalue weighted by Gasteiger charge is -2.10. The summed E-state index contributed by atoms with van der Waals surface area (Å²) < 4.78 is 1.95. The largest absolute Gasteiger partial charge is 0.287 e. The molecule has 1 fully saturated rings. The van der Waals surface area contributed by atoms with Gasteiger partial charge in [-0.1, -0.05) is 0 Å². The van der Waals surface area contributed by atoms with Crippen molar-refractivity contribution in [3.05, 3.63) is 24.8 Å². The Kier molecular flexibility index (Phi) is 2.21. The van der Waals surface area contributed by atoms with Crippen molar-refractivity contribution in [1.29, 1.82) is 0 Å². The number of amides is 1. The minimum Gasteiger partial charge on any atom is -0.287 e. The van der Waals surface area contributed by atoms with Crippen molar-refractivity contribution in [1.82, 2.24) is 9.88 Å². The van der Waals surface area contributed by atoms with E-state index in [9.17, 15) is 4.79 Å². The summed E-state index contributed by atoms with van der Waals surface area (Å²) in [6, 6.07) is 0. The van der Waals surface area contributed by atoms with Crippen molar-refractivity contribution in [3.8, 4) is 0 Å². The number of aromatic nitrogens is 2. The molecule has 1 aliphatic heterocycles. The highest BCUT2D eigenvalue weighted by Crippen LogP contribution is 2.08. The van der Waals surface area contributed by atoms with E-state index in [0.717, 1.165) is 13.0 Å². The Labute approximate surface area is 76.8 Å². The molecular weight excluding hydrogens is 166 g/mol. The third kappa shape index (κ3) is 1.83. The van der Waals surface area contributed by atoms with E-state index in [2.05, 4.69) is 4.98 Å². The average molecular weight is 178 g/mol. The van der Waals surface area contributed by atoms with E-state index in [0.29, 0.717) is 13.1 Å². The van der Waals surface area contributed by atoms with Crippen LogP contribution in [0.2, 0.25) is 0 Å². The van der Waals surface area contributed by atoms with Gasteiger partial charge in [-0.15, -0.1) is 0 Å². The van der Waals surface area contributed by atoms with Crippen LogP contribution in [0, 0.1) is 0 Å². The molecule has 0 saturated carbocycles. The van der Waals surface area contributed by atoms with E-state index < -0.39 is 0 Å². The summed E-state index contributed by atoms with van der Waals surface area (Å²) in [4.78, 5) is 17.1. The molecule has 68 valence electrons. The SMILES string of the molecule is O=C1CCCN1C[n+]1ccncc1. The number of carbonyl (C=O) groups is 1. The van der Waals surface area contributed by atoms with Crippen LogP contribution in [0.1, 0.15) is 12.8 Å². The second-order valence-corrected chi connectivity index (χ2v) is 3.16. The predicted octanol–water partition coefficient (Wildman–Crippen LogP) is -0.0510. The van der Waals surface area contributed by atoms with Crippen LogP contribution in [-0.4, -0.2) is 22.3 Å². The molecule has 1 aromatic heterocycles. The fraction of sp³-hybridized carbons (Fsp3) is 0.444. The smallest absolute Gasteiger partial charge is 0.227 e. The van der Waals surface area contributed by atoms with Crippen molar-refractivity contribution in [2.75, 3.05) is 6.54 Å². The first-order valence-corrected chi connectivity index (χ1v) is 4.43. The topological polar surface area (TPSA) is 37.1 Å². The van der Waals surface area contributed by atoms with E-state index in [1.165, 1.54) is 0 Å². The third-order valence-electron chi connectivity index (χ3n) is 2.19. The quantitative estimate of drug-likeness (QED) is 0.595. The van der Waals surface area contributed by atoms with E-state index >= 15 is 0 Å². The minimum absolute atomic E-state index is 0.254. The molecule has 1 amide bonds. The van der Waals surface area contributed by atoms with E-state index in [1.54, 1.807) is 12.4 Å². The molecule has 0 unspecified atom stereocenters. The normalized spacial score (nSPS) is 16.6. The monoisotopic (exact) mass is 178 g/mol. The van der Waals surface area contributed by atoms with Gasteiger partial charge in [-0.3, -0.25) is 14.7 Å². The fourth-order valence-corrected chi connectivity index (χ4v) is 1.49. The lowest BCUT2D eigenvalue weighted by Crippen LogP contribution is -2.43. The van der Waals surface area contributed by atoms with Gasteiger partial charge in [0.25, 0.3) is 0 Å². The maximum atomic E-state index is 11.3. The van der Waals surface area contributed by atoms with Gasteiger partial charge in [0.15, 0.2) is 12.4 Å². The van der Waals surface area contributed by atoms with Gasteiger partial charge in [-0.05, 0) is 6.42 Å². The number of carbonyl (C=O) groups excluding carboxylic acids is 1. The van der Waals surface area contributed by atoms with Crippen LogP contribution in [0.5, 0.6) is 0 Å². The van der Waals surface area contributed by atoms with Gasteiger partial charge in [-0.2, -0.15) is 4.57 Å². The molecule has 13 heavy (non-hydrogen) atoms. The molecule has 0 N–H and O–H groups in total. The molecule has 1 aliphatic rings. The lowest BCUT2D eigenvalue weighted by atomic mass is 10.4. The molecule has 0 aromatic carbocycles. The Balaban J connectivity index is 2.02. The molecule has 4 heteroatoms. The van der Waals surface area contributed by atoms with Crippen molar-refractivity contribution < 1.29 is 9.36 Å². The van der Waals surface area contributed by atoms with Gasteiger partial charge in [0.05, 0.1) is 12.4 Å². The average Bonchev–Trinajstić information content (AvgIpc) is 2.54. The molecule has 0 radical (unpaired) electrons. The first-order chi connectivity index (χ1) is 6.36. The highest BCUT2D eigenvalue weighted by atomic mass is 16.2. The van der Waals surface area contributed by atoms with Crippen LogP contribution >= 0.6 is 0 Å². The third-order valence-corrected chi connectivity index (χ3v) is 2.19. The Morgan fingerprint density at radius 1 is 1.46 bits per heavy atom. The molecule has 2 rings (SSSR count). The Bertz CT molecular complexity index is 299.